The van der Waals surface area contributed by atoms with Gasteiger partial charge in [-0.3, -0.25) is 4.79 Å². The van der Waals surface area contributed by atoms with Gasteiger partial charge >= 0.3 is 0 Å². The molecule has 1 fully saturated rings. The Morgan fingerprint density at radius 1 is 1.22 bits per heavy atom. The number of hydrogen-bond donors (Lipinski definition) is 2. The van der Waals surface area contributed by atoms with Gasteiger partial charge < -0.3 is 20.1 Å². The maximum atomic E-state index is 12.8. The molecule has 1 saturated heterocycles. The number of carbonyl (C=O) groups excluding carboxylic acids is 1. The number of aromatic nitrogens is 2. The van der Waals surface area contributed by atoms with Crippen LogP contribution in [0.25, 0.3) is 0 Å². The zero-order chi connectivity index (χ0) is 19.9. The molecule has 0 radical (unpaired) electrons. The van der Waals surface area contributed by atoms with Crippen molar-refractivity contribution in [3.8, 4) is 0 Å². The summed E-state index contributed by atoms with van der Waals surface area (Å²) in [5.74, 6) is 0.660. The molecule has 0 saturated carbocycles. The molecule has 6 nitrogen and oxygen atoms in total. The Hall–Kier alpha value is -1.40. The second-order valence-electron chi connectivity index (χ2n) is 8.47. The Kier molecular flexibility index (Phi) is 8.29. The number of rotatable bonds is 11. The predicted molar refractivity (Wildman–Crippen MR) is 112 cm³/mol. The molecule has 1 aromatic heterocycles. The highest BCUT2D eigenvalue weighted by molar-refractivity contribution is 5.93. The first-order chi connectivity index (χ1) is 12.9. The molecule has 2 N–H and O–H groups in total. The molecule has 0 unspecified atom stereocenters. The van der Waals surface area contributed by atoms with Gasteiger partial charge in [-0.15, -0.1) is 0 Å². The third kappa shape index (κ3) is 6.32. The van der Waals surface area contributed by atoms with Gasteiger partial charge in [0, 0.05) is 18.8 Å². The molecule has 6 heteroatoms. The molecule has 0 spiro atoms. The van der Waals surface area contributed by atoms with Crippen LogP contribution < -0.4 is 10.6 Å². The average molecular weight is 378 g/mol. The van der Waals surface area contributed by atoms with E-state index in [4.69, 9.17) is 0 Å². The average Bonchev–Trinajstić information content (AvgIpc) is 3.30. The highest BCUT2D eigenvalue weighted by atomic mass is 16.2. The number of amides is 1. The van der Waals surface area contributed by atoms with Crippen molar-refractivity contribution >= 4 is 11.7 Å². The summed E-state index contributed by atoms with van der Waals surface area (Å²) in [6.07, 6.45) is 10.3. The largest absolute Gasteiger partial charge is 0.328 e. The van der Waals surface area contributed by atoms with E-state index in [0.29, 0.717) is 11.9 Å². The van der Waals surface area contributed by atoms with E-state index in [0.717, 1.165) is 32.2 Å². The van der Waals surface area contributed by atoms with Gasteiger partial charge in [-0.1, -0.05) is 27.2 Å². The minimum atomic E-state index is -0.164. The van der Waals surface area contributed by atoms with Crippen molar-refractivity contribution in [2.75, 3.05) is 25.0 Å². The molecule has 0 aliphatic carbocycles. The summed E-state index contributed by atoms with van der Waals surface area (Å²) in [5.41, 5.74) is -0.0447. The third-order valence-electron chi connectivity index (χ3n) is 5.66. The van der Waals surface area contributed by atoms with E-state index in [-0.39, 0.29) is 17.5 Å². The van der Waals surface area contributed by atoms with Gasteiger partial charge in [0.15, 0.2) is 5.82 Å². The van der Waals surface area contributed by atoms with Gasteiger partial charge in [-0.05, 0) is 59.0 Å². The van der Waals surface area contributed by atoms with Crippen LogP contribution in [0.5, 0.6) is 0 Å². The Balaban J connectivity index is 1.98. The lowest BCUT2D eigenvalue weighted by atomic mass is 10.1. The molecule has 1 aliphatic rings. The lowest BCUT2D eigenvalue weighted by Gasteiger charge is -2.31. The zero-order valence-electron chi connectivity index (χ0n) is 17.9. The van der Waals surface area contributed by atoms with E-state index in [2.05, 4.69) is 59.7 Å². The van der Waals surface area contributed by atoms with Crippen molar-refractivity contribution in [3.63, 3.8) is 0 Å². The number of anilines is 1. The van der Waals surface area contributed by atoms with Crippen molar-refractivity contribution in [1.82, 2.24) is 19.8 Å². The first-order valence-electron chi connectivity index (χ1n) is 10.7. The predicted octanol–water partition coefficient (Wildman–Crippen LogP) is 3.60. The summed E-state index contributed by atoms with van der Waals surface area (Å²) in [4.78, 5) is 19.7. The number of nitrogens with one attached hydrogen (secondary N) is 2. The van der Waals surface area contributed by atoms with E-state index in [1.54, 1.807) is 0 Å². The molecule has 1 aromatic rings. The molecule has 1 atom stereocenters. The van der Waals surface area contributed by atoms with Crippen LogP contribution in [0.1, 0.15) is 73.1 Å². The van der Waals surface area contributed by atoms with Crippen molar-refractivity contribution < 1.29 is 4.79 Å². The molecular weight excluding hydrogens is 338 g/mol. The first-order valence-corrected chi connectivity index (χ1v) is 10.7. The van der Waals surface area contributed by atoms with Crippen LogP contribution in [-0.2, 0) is 10.3 Å². The number of likely N-dealkylation sites (tertiary alicyclic amines) is 1. The monoisotopic (exact) mass is 377 g/mol. The normalized spacial score (nSPS) is 16.8. The quantitative estimate of drug-likeness (QED) is 0.618. The second kappa shape index (κ2) is 10.2. The van der Waals surface area contributed by atoms with E-state index in [1.807, 2.05) is 12.5 Å². The Morgan fingerprint density at radius 3 is 2.48 bits per heavy atom. The van der Waals surface area contributed by atoms with Gasteiger partial charge in [0.05, 0.1) is 17.9 Å². The highest BCUT2D eigenvalue weighted by Crippen LogP contribution is 2.21. The van der Waals surface area contributed by atoms with Crippen LogP contribution >= 0.6 is 0 Å². The summed E-state index contributed by atoms with van der Waals surface area (Å²) in [6, 6.07) is 0.215. The zero-order valence-corrected chi connectivity index (χ0v) is 17.9. The maximum absolute atomic E-state index is 12.8. The third-order valence-corrected chi connectivity index (χ3v) is 5.66. The first kappa shape index (κ1) is 21.9. The second-order valence-corrected chi connectivity index (χ2v) is 8.47. The summed E-state index contributed by atoms with van der Waals surface area (Å²) in [6.45, 7) is 14.3. The molecule has 0 aromatic carbocycles. The van der Waals surface area contributed by atoms with E-state index < -0.39 is 0 Å². The van der Waals surface area contributed by atoms with Crippen LogP contribution in [0, 0.1) is 0 Å². The van der Waals surface area contributed by atoms with Crippen molar-refractivity contribution in [1.29, 1.82) is 0 Å². The van der Waals surface area contributed by atoms with Crippen LogP contribution in [0.2, 0.25) is 0 Å². The minimum Gasteiger partial charge on any atom is -0.328 e. The number of carbonyl (C=O) groups is 1. The fourth-order valence-corrected chi connectivity index (χ4v) is 3.89. The van der Waals surface area contributed by atoms with Gasteiger partial charge in [-0.2, -0.15) is 0 Å². The topological polar surface area (TPSA) is 62.2 Å². The molecule has 154 valence electrons. The Bertz CT molecular complexity index is 573. The van der Waals surface area contributed by atoms with Gasteiger partial charge in [-0.25, -0.2) is 4.98 Å². The molecule has 2 rings (SSSR count). The summed E-state index contributed by atoms with van der Waals surface area (Å²) in [7, 11) is 0. The highest BCUT2D eigenvalue weighted by Gasteiger charge is 2.26. The van der Waals surface area contributed by atoms with Crippen LogP contribution in [0.4, 0.5) is 5.82 Å². The number of hydrogen-bond acceptors (Lipinski definition) is 4. The van der Waals surface area contributed by atoms with Crippen LogP contribution in [0.15, 0.2) is 12.5 Å². The number of nitrogens with zero attached hydrogens (tertiary/aromatic N) is 3. The Morgan fingerprint density at radius 2 is 1.89 bits per heavy atom. The standard InChI is InChI=1S/C21H39N5O/c1-6-11-18(23-17(7-2)8-3)20(27)24-19-14-26(16-22-19)21(4,5)15-25-12-9-10-13-25/h14,16-18,23H,6-13,15H2,1-5H3,(H,24,27)/t18-/m0/s1. The van der Waals surface area contributed by atoms with Crippen LogP contribution in [0.3, 0.4) is 0 Å². The summed E-state index contributed by atoms with van der Waals surface area (Å²) < 4.78 is 2.13. The lowest BCUT2D eigenvalue weighted by Crippen LogP contribution is -2.45. The molecule has 1 amide bonds. The molecule has 1 aliphatic heterocycles. The lowest BCUT2D eigenvalue weighted by molar-refractivity contribution is -0.118. The SMILES string of the molecule is CCC[C@H](NC(CC)CC)C(=O)Nc1cn(C(C)(C)CN2CCCC2)cn1. The smallest absolute Gasteiger partial charge is 0.242 e. The number of imidazole rings is 1. The van der Waals surface area contributed by atoms with E-state index in [1.165, 1.54) is 25.9 Å². The van der Waals surface area contributed by atoms with Gasteiger partial charge in [0.25, 0.3) is 0 Å². The molecule has 0 bridgehead atoms. The van der Waals surface area contributed by atoms with E-state index in [9.17, 15) is 4.79 Å². The molecule has 2 heterocycles. The van der Waals surface area contributed by atoms with Crippen molar-refractivity contribution in [2.24, 2.45) is 0 Å². The maximum Gasteiger partial charge on any atom is 0.242 e. The van der Waals surface area contributed by atoms with Crippen molar-refractivity contribution in [2.45, 2.75) is 90.8 Å². The fourth-order valence-electron chi connectivity index (χ4n) is 3.89. The summed E-state index contributed by atoms with van der Waals surface area (Å²) >= 11 is 0. The van der Waals surface area contributed by atoms with Gasteiger partial charge in [0.2, 0.25) is 5.91 Å². The van der Waals surface area contributed by atoms with Gasteiger partial charge in [0.1, 0.15) is 0 Å². The molecular formula is C21H39N5O. The Labute approximate surface area is 165 Å². The molecule has 27 heavy (non-hydrogen) atoms. The van der Waals surface area contributed by atoms with Crippen LogP contribution in [-0.4, -0.2) is 52.1 Å². The van der Waals surface area contributed by atoms with E-state index >= 15 is 0 Å². The summed E-state index contributed by atoms with van der Waals surface area (Å²) in [5, 5.41) is 6.53. The minimum absolute atomic E-state index is 0.0198. The fraction of sp³-hybridized carbons (Fsp3) is 0.810. The van der Waals surface area contributed by atoms with Crippen molar-refractivity contribution in [3.05, 3.63) is 12.5 Å².